The summed E-state index contributed by atoms with van der Waals surface area (Å²) in [6.07, 6.45) is 49.0. The molecule has 0 unspecified atom stereocenters. The molecule has 1 saturated heterocycles. The fourth-order valence-electron chi connectivity index (χ4n) is 7.74. The van der Waals surface area contributed by atoms with Crippen LogP contribution in [0.25, 0.3) is 0 Å². The quantitative estimate of drug-likeness (QED) is 0.0478. The molecule has 0 aromatic rings. The fraction of sp³-hybridized carbons (Fsp3) is 0.896. The van der Waals surface area contributed by atoms with Crippen LogP contribution in [0.2, 0.25) is 0 Å². The maximum atomic E-state index is 13.2. The highest BCUT2D eigenvalue weighted by Gasteiger charge is 2.36. The molecular formula is C48H93N3O3. The van der Waals surface area contributed by atoms with Gasteiger partial charge in [-0.2, -0.15) is 0 Å². The van der Waals surface area contributed by atoms with Gasteiger partial charge >= 0.3 is 0 Å². The van der Waals surface area contributed by atoms with E-state index < -0.39 is 6.04 Å². The maximum Gasteiger partial charge on any atom is 0.239 e. The normalized spacial score (nSPS) is 16.8. The van der Waals surface area contributed by atoms with Crippen molar-refractivity contribution in [3.8, 4) is 0 Å². The number of ether oxygens (including phenoxy) is 2. The lowest BCUT2D eigenvalue weighted by molar-refractivity contribution is -0.132. The number of allylic oxidation sites excluding steroid dienone is 4. The molecule has 318 valence electrons. The number of nitrogens with two attached hydrogens (primary N) is 2. The lowest BCUT2D eigenvalue weighted by Gasteiger charge is -2.21. The number of likely N-dealkylation sites (tertiary alicyclic amines) is 1. The summed E-state index contributed by atoms with van der Waals surface area (Å²) in [7, 11) is 0. The van der Waals surface area contributed by atoms with Crippen molar-refractivity contribution in [2.45, 2.75) is 219 Å². The Morgan fingerprint density at radius 2 is 0.889 bits per heavy atom. The van der Waals surface area contributed by atoms with Gasteiger partial charge in [-0.15, -0.1) is 0 Å². The second kappa shape index (κ2) is 40.0. The van der Waals surface area contributed by atoms with Gasteiger partial charge in [0, 0.05) is 38.1 Å². The Kier molecular flexibility index (Phi) is 37.6. The van der Waals surface area contributed by atoms with Crippen molar-refractivity contribution in [3.63, 3.8) is 0 Å². The minimum absolute atomic E-state index is 0.0844. The van der Waals surface area contributed by atoms with E-state index in [0.29, 0.717) is 38.0 Å². The van der Waals surface area contributed by atoms with Crippen LogP contribution in [0.3, 0.4) is 0 Å². The summed E-state index contributed by atoms with van der Waals surface area (Å²) in [4.78, 5) is 15.2. The number of carbonyl (C=O) groups is 1. The summed E-state index contributed by atoms with van der Waals surface area (Å²) in [5.74, 6) is 0.722. The van der Waals surface area contributed by atoms with Crippen molar-refractivity contribution in [2.24, 2.45) is 23.3 Å². The highest BCUT2D eigenvalue weighted by Crippen LogP contribution is 2.26. The summed E-state index contributed by atoms with van der Waals surface area (Å²) in [6, 6.07) is -0.431. The molecule has 3 atom stereocenters. The van der Waals surface area contributed by atoms with Crippen LogP contribution in [-0.4, -0.2) is 62.9 Å². The van der Waals surface area contributed by atoms with Gasteiger partial charge in [-0.1, -0.05) is 160 Å². The zero-order chi connectivity index (χ0) is 39.0. The fourth-order valence-corrected chi connectivity index (χ4v) is 7.74. The molecule has 0 aliphatic carbocycles. The molecule has 0 bridgehead atoms. The van der Waals surface area contributed by atoms with Crippen LogP contribution < -0.4 is 11.5 Å². The first-order valence-corrected chi connectivity index (χ1v) is 23.8. The average molecular weight is 760 g/mol. The Balaban J connectivity index is 2.18. The Bertz CT molecular complexity index is 795. The van der Waals surface area contributed by atoms with Crippen LogP contribution in [0.4, 0.5) is 0 Å². The van der Waals surface area contributed by atoms with Gasteiger partial charge in [0.05, 0.1) is 19.3 Å². The molecule has 54 heavy (non-hydrogen) atoms. The van der Waals surface area contributed by atoms with Crippen LogP contribution in [0, 0.1) is 11.8 Å². The zero-order valence-corrected chi connectivity index (χ0v) is 36.2. The van der Waals surface area contributed by atoms with Crippen LogP contribution in [0.1, 0.15) is 213 Å². The molecule has 4 N–H and O–H groups in total. The van der Waals surface area contributed by atoms with Gasteiger partial charge in [-0.3, -0.25) is 4.79 Å². The molecular weight excluding hydrogens is 667 g/mol. The summed E-state index contributed by atoms with van der Waals surface area (Å²) in [6.45, 7) is 9.73. The average Bonchev–Trinajstić information content (AvgIpc) is 3.59. The Labute approximate surface area is 336 Å². The molecule has 1 rings (SSSR count). The first-order chi connectivity index (χ1) is 26.6. The number of unbranched alkanes of at least 4 members (excludes halogenated alkanes) is 25. The predicted octanol–water partition coefficient (Wildman–Crippen LogP) is 12.6. The molecule has 0 aromatic heterocycles. The van der Waals surface area contributed by atoms with E-state index in [4.69, 9.17) is 20.9 Å². The summed E-state index contributed by atoms with van der Waals surface area (Å²) >= 11 is 0. The molecule has 0 spiro atoms. The van der Waals surface area contributed by atoms with Gasteiger partial charge in [-0.25, -0.2) is 0 Å². The lowest BCUT2D eigenvalue weighted by Crippen LogP contribution is -2.43. The SMILES string of the molecule is CCCCCCCCC=CCCCCCCCCOC[C@@H]1CN(C(=O)[C@@H](N)CCCCN)C[C@H]1COCCCCCCCCC=CCCCCCCCC. The van der Waals surface area contributed by atoms with E-state index in [0.717, 1.165) is 52.0 Å². The van der Waals surface area contributed by atoms with E-state index in [1.165, 1.54) is 167 Å². The van der Waals surface area contributed by atoms with Crippen molar-refractivity contribution < 1.29 is 14.3 Å². The third-order valence-corrected chi connectivity index (χ3v) is 11.4. The number of carbonyl (C=O) groups excluding carboxylic acids is 1. The second-order valence-electron chi connectivity index (χ2n) is 16.7. The van der Waals surface area contributed by atoms with Gasteiger partial charge in [0.1, 0.15) is 0 Å². The monoisotopic (exact) mass is 760 g/mol. The topological polar surface area (TPSA) is 90.8 Å². The largest absolute Gasteiger partial charge is 0.381 e. The standard InChI is InChI=1S/C48H93N3O3/c1-3-5-7-9-11-13-15-17-19-21-23-25-27-29-31-35-39-53-43-45-41-51(48(52)47(50)37-33-34-38-49)42-46(45)44-54-40-36-32-30-28-26-24-22-20-18-16-14-12-10-8-6-4-2/h17-20,45-47H,3-16,21-44,49-50H2,1-2H3/t45-,46-,47-/m0/s1. The Morgan fingerprint density at radius 3 is 1.26 bits per heavy atom. The predicted molar refractivity (Wildman–Crippen MR) is 235 cm³/mol. The van der Waals surface area contributed by atoms with E-state index in [1.807, 2.05) is 4.90 Å². The van der Waals surface area contributed by atoms with Gasteiger partial charge in [0.2, 0.25) is 5.91 Å². The number of hydrogen-bond acceptors (Lipinski definition) is 5. The highest BCUT2D eigenvalue weighted by molar-refractivity contribution is 5.81. The Morgan fingerprint density at radius 1 is 0.537 bits per heavy atom. The highest BCUT2D eigenvalue weighted by atomic mass is 16.5. The molecule has 1 amide bonds. The molecule has 1 fully saturated rings. The van der Waals surface area contributed by atoms with Gasteiger partial charge in [0.15, 0.2) is 0 Å². The summed E-state index contributed by atoms with van der Waals surface area (Å²) in [5, 5.41) is 0. The van der Waals surface area contributed by atoms with Gasteiger partial charge in [-0.05, 0) is 83.6 Å². The molecule has 1 heterocycles. The van der Waals surface area contributed by atoms with Crippen LogP contribution in [-0.2, 0) is 14.3 Å². The maximum absolute atomic E-state index is 13.2. The van der Waals surface area contributed by atoms with Crippen molar-refractivity contribution in [3.05, 3.63) is 24.3 Å². The first-order valence-electron chi connectivity index (χ1n) is 23.8. The smallest absolute Gasteiger partial charge is 0.239 e. The molecule has 6 nitrogen and oxygen atoms in total. The van der Waals surface area contributed by atoms with E-state index in [2.05, 4.69) is 38.2 Å². The number of rotatable bonds is 41. The first kappa shape index (κ1) is 50.8. The van der Waals surface area contributed by atoms with E-state index in [1.54, 1.807) is 0 Å². The summed E-state index contributed by atoms with van der Waals surface area (Å²) in [5.41, 5.74) is 12.0. The van der Waals surface area contributed by atoms with Crippen LogP contribution >= 0.6 is 0 Å². The number of amides is 1. The van der Waals surface area contributed by atoms with Crippen molar-refractivity contribution in [2.75, 3.05) is 46.1 Å². The minimum atomic E-state index is -0.431. The Hall–Kier alpha value is -1.21. The third kappa shape index (κ3) is 30.9. The molecule has 6 heteroatoms. The van der Waals surface area contributed by atoms with Crippen molar-refractivity contribution in [1.82, 2.24) is 4.90 Å². The summed E-state index contributed by atoms with van der Waals surface area (Å²) < 4.78 is 12.4. The molecule has 1 aliphatic heterocycles. The van der Waals surface area contributed by atoms with Gasteiger partial charge in [0.25, 0.3) is 0 Å². The van der Waals surface area contributed by atoms with E-state index >= 15 is 0 Å². The minimum Gasteiger partial charge on any atom is -0.381 e. The third-order valence-electron chi connectivity index (χ3n) is 11.4. The van der Waals surface area contributed by atoms with Crippen molar-refractivity contribution in [1.29, 1.82) is 0 Å². The lowest BCUT2D eigenvalue weighted by atomic mass is 9.98. The zero-order valence-electron chi connectivity index (χ0n) is 36.2. The molecule has 0 radical (unpaired) electrons. The molecule has 0 aromatic carbocycles. The number of hydrogen-bond donors (Lipinski definition) is 2. The molecule has 0 saturated carbocycles. The molecule has 1 aliphatic rings. The second-order valence-corrected chi connectivity index (χ2v) is 16.7. The number of nitrogens with zero attached hydrogens (tertiary/aromatic N) is 1. The van der Waals surface area contributed by atoms with E-state index in [-0.39, 0.29) is 5.91 Å². The van der Waals surface area contributed by atoms with E-state index in [9.17, 15) is 4.79 Å². The van der Waals surface area contributed by atoms with Crippen LogP contribution in [0.15, 0.2) is 24.3 Å². The van der Waals surface area contributed by atoms with Gasteiger partial charge < -0.3 is 25.8 Å². The van der Waals surface area contributed by atoms with Crippen molar-refractivity contribution >= 4 is 5.91 Å². The van der Waals surface area contributed by atoms with Crippen LogP contribution in [0.5, 0.6) is 0 Å².